The predicted molar refractivity (Wildman–Crippen MR) is 107 cm³/mol. The van der Waals surface area contributed by atoms with E-state index in [9.17, 15) is 0 Å². The van der Waals surface area contributed by atoms with Gasteiger partial charge in [-0.15, -0.1) is 0 Å². The zero-order chi connectivity index (χ0) is 18.4. The number of methoxy groups -OCH3 is 2. The molecule has 0 aliphatic rings. The van der Waals surface area contributed by atoms with Crippen LogP contribution in [0.4, 0.5) is 5.69 Å². The van der Waals surface area contributed by atoms with Crippen LogP contribution in [0.3, 0.4) is 0 Å². The van der Waals surface area contributed by atoms with E-state index in [-0.39, 0.29) is 6.04 Å². The minimum absolute atomic E-state index is 0.0795. The number of para-hydroxylation sites is 1. The number of nitrogens with one attached hydrogen (secondary N) is 1. The smallest absolute Gasteiger partial charge is 0.123 e. The van der Waals surface area contributed by atoms with Crippen LogP contribution < -0.4 is 20.5 Å². The fraction of sp³-hybridized carbons (Fsp3) is 0.182. The van der Waals surface area contributed by atoms with Gasteiger partial charge in [-0.05, 0) is 29.3 Å². The molecule has 0 spiro atoms. The summed E-state index contributed by atoms with van der Waals surface area (Å²) >= 11 is 0. The molecule has 134 valence electrons. The summed E-state index contributed by atoms with van der Waals surface area (Å²) in [5.74, 6) is 1.52. The van der Waals surface area contributed by atoms with E-state index >= 15 is 0 Å². The first-order valence-corrected chi connectivity index (χ1v) is 8.58. The molecule has 0 aliphatic heterocycles. The first-order chi connectivity index (χ1) is 12.7. The van der Waals surface area contributed by atoms with E-state index in [4.69, 9.17) is 15.2 Å². The first-order valence-electron chi connectivity index (χ1n) is 8.58. The lowest BCUT2D eigenvalue weighted by Gasteiger charge is -2.17. The molecule has 3 rings (SSSR count). The molecule has 1 unspecified atom stereocenters. The quantitative estimate of drug-likeness (QED) is 0.661. The number of anilines is 1. The van der Waals surface area contributed by atoms with Gasteiger partial charge in [0.1, 0.15) is 11.5 Å². The predicted octanol–water partition coefficient (Wildman–Crippen LogP) is 4.48. The minimum Gasteiger partial charge on any atom is -0.497 e. The van der Waals surface area contributed by atoms with E-state index < -0.39 is 0 Å². The third-order valence-electron chi connectivity index (χ3n) is 4.33. The molecule has 1 atom stereocenters. The van der Waals surface area contributed by atoms with Crippen molar-refractivity contribution in [3.8, 4) is 22.6 Å². The van der Waals surface area contributed by atoms with Gasteiger partial charge in [-0.3, -0.25) is 0 Å². The van der Waals surface area contributed by atoms with Crippen molar-refractivity contribution in [3.63, 3.8) is 0 Å². The molecular weight excluding hydrogens is 324 g/mol. The third kappa shape index (κ3) is 4.16. The Hall–Kier alpha value is -2.98. The summed E-state index contributed by atoms with van der Waals surface area (Å²) in [4.78, 5) is 0. The average molecular weight is 348 g/mol. The minimum atomic E-state index is -0.0795. The van der Waals surface area contributed by atoms with Crippen LogP contribution in [0.25, 0.3) is 11.1 Å². The summed E-state index contributed by atoms with van der Waals surface area (Å²) in [5, 5.41) is 3.48. The molecule has 0 aromatic heterocycles. The van der Waals surface area contributed by atoms with Crippen LogP contribution in [-0.4, -0.2) is 20.8 Å². The summed E-state index contributed by atoms with van der Waals surface area (Å²) in [6, 6.07) is 24.0. The molecule has 0 amide bonds. The number of nitrogens with two attached hydrogens (primary N) is 1. The Morgan fingerprint density at radius 1 is 0.846 bits per heavy atom. The first kappa shape index (κ1) is 17.8. The number of hydrogen-bond donors (Lipinski definition) is 2. The van der Waals surface area contributed by atoms with Gasteiger partial charge in [-0.1, -0.05) is 48.5 Å². The molecule has 26 heavy (non-hydrogen) atoms. The standard InChI is InChI=1S/C22H24N2O2/c1-25-18-12-17(13-19(14-18)26-2)20-10-6-7-11-22(20)24-15-21(23)16-8-4-3-5-9-16/h3-14,21,24H,15,23H2,1-2H3. The van der Waals surface area contributed by atoms with E-state index in [0.717, 1.165) is 33.9 Å². The van der Waals surface area contributed by atoms with Crippen molar-refractivity contribution in [1.29, 1.82) is 0 Å². The Bertz CT molecular complexity index is 828. The molecular formula is C22H24N2O2. The van der Waals surface area contributed by atoms with Gasteiger partial charge in [-0.25, -0.2) is 0 Å². The molecule has 3 aromatic carbocycles. The summed E-state index contributed by atoms with van der Waals surface area (Å²) < 4.78 is 10.8. The van der Waals surface area contributed by atoms with Gasteiger partial charge < -0.3 is 20.5 Å². The van der Waals surface area contributed by atoms with E-state index in [2.05, 4.69) is 17.4 Å². The van der Waals surface area contributed by atoms with Crippen LogP contribution in [0.1, 0.15) is 11.6 Å². The highest BCUT2D eigenvalue weighted by molar-refractivity contribution is 5.79. The molecule has 3 aromatic rings. The largest absolute Gasteiger partial charge is 0.497 e. The highest BCUT2D eigenvalue weighted by Crippen LogP contribution is 2.34. The maximum absolute atomic E-state index is 6.32. The molecule has 0 bridgehead atoms. The zero-order valence-electron chi connectivity index (χ0n) is 15.1. The molecule has 3 N–H and O–H groups in total. The number of benzene rings is 3. The van der Waals surface area contributed by atoms with Crippen molar-refractivity contribution in [2.45, 2.75) is 6.04 Å². The van der Waals surface area contributed by atoms with Gasteiger partial charge in [0.2, 0.25) is 0 Å². The molecule has 0 aliphatic carbocycles. The maximum Gasteiger partial charge on any atom is 0.123 e. The van der Waals surface area contributed by atoms with E-state index in [0.29, 0.717) is 6.54 Å². The Kier molecular flexibility index (Phi) is 5.77. The molecule has 4 nitrogen and oxygen atoms in total. The summed E-state index contributed by atoms with van der Waals surface area (Å²) in [6.07, 6.45) is 0. The molecule has 0 saturated heterocycles. The third-order valence-corrected chi connectivity index (χ3v) is 4.33. The van der Waals surface area contributed by atoms with Crippen LogP contribution in [0.5, 0.6) is 11.5 Å². The normalized spacial score (nSPS) is 11.7. The van der Waals surface area contributed by atoms with Crippen LogP contribution in [0, 0.1) is 0 Å². The highest BCUT2D eigenvalue weighted by atomic mass is 16.5. The maximum atomic E-state index is 6.32. The van der Waals surface area contributed by atoms with Crippen molar-refractivity contribution in [2.24, 2.45) is 5.73 Å². The number of hydrogen-bond acceptors (Lipinski definition) is 4. The van der Waals surface area contributed by atoms with Crippen molar-refractivity contribution in [1.82, 2.24) is 0 Å². The topological polar surface area (TPSA) is 56.5 Å². The zero-order valence-corrected chi connectivity index (χ0v) is 15.1. The second-order valence-corrected chi connectivity index (χ2v) is 6.05. The SMILES string of the molecule is COc1cc(OC)cc(-c2ccccc2NCC(N)c2ccccc2)c1. The van der Waals surface area contributed by atoms with Crippen LogP contribution >= 0.6 is 0 Å². The van der Waals surface area contributed by atoms with Gasteiger partial charge in [0.05, 0.1) is 14.2 Å². The molecule has 0 heterocycles. The van der Waals surface area contributed by atoms with Crippen molar-refractivity contribution >= 4 is 5.69 Å². The Morgan fingerprint density at radius 2 is 1.46 bits per heavy atom. The lowest BCUT2D eigenvalue weighted by atomic mass is 10.0. The lowest BCUT2D eigenvalue weighted by molar-refractivity contribution is 0.394. The van der Waals surface area contributed by atoms with Crippen LogP contribution in [-0.2, 0) is 0 Å². The summed E-state index contributed by atoms with van der Waals surface area (Å²) in [7, 11) is 3.31. The number of ether oxygens (including phenoxy) is 2. The van der Waals surface area contributed by atoms with Gasteiger partial charge in [0.15, 0.2) is 0 Å². The van der Waals surface area contributed by atoms with Crippen LogP contribution in [0.15, 0.2) is 72.8 Å². The molecule has 0 fully saturated rings. The lowest BCUT2D eigenvalue weighted by Crippen LogP contribution is -2.20. The van der Waals surface area contributed by atoms with Gasteiger partial charge >= 0.3 is 0 Å². The fourth-order valence-electron chi connectivity index (χ4n) is 2.89. The van der Waals surface area contributed by atoms with E-state index in [1.807, 2.05) is 60.7 Å². The van der Waals surface area contributed by atoms with Gasteiger partial charge in [-0.2, -0.15) is 0 Å². The summed E-state index contributed by atoms with van der Waals surface area (Å²) in [5.41, 5.74) is 10.6. The second kappa shape index (κ2) is 8.41. The average Bonchev–Trinajstić information content (AvgIpc) is 2.72. The fourth-order valence-corrected chi connectivity index (χ4v) is 2.89. The van der Waals surface area contributed by atoms with Crippen molar-refractivity contribution in [3.05, 3.63) is 78.4 Å². The second-order valence-electron chi connectivity index (χ2n) is 6.05. The Morgan fingerprint density at radius 3 is 2.12 bits per heavy atom. The molecule has 0 saturated carbocycles. The monoisotopic (exact) mass is 348 g/mol. The molecule has 4 heteroatoms. The van der Waals surface area contributed by atoms with Crippen molar-refractivity contribution in [2.75, 3.05) is 26.1 Å². The highest BCUT2D eigenvalue weighted by Gasteiger charge is 2.10. The van der Waals surface area contributed by atoms with Gasteiger partial charge in [0, 0.05) is 29.9 Å². The van der Waals surface area contributed by atoms with Crippen LogP contribution in [0.2, 0.25) is 0 Å². The Labute approximate surface area is 154 Å². The van der Waals surface area contributed by atoms with Gasteiger partial charge in [0.25, 0.3) is 0 Å². The van der Waals surface area contributed by atoms with E-state index in [1.165, 1.54) is 0 Å². The molecule has 0 radical (unpaired) electrons. The number of rotatable bonds is 7. The summed E-state index contributed by atoms with van der Waals surface area (Å²) in [6.45, 7) is 0.641. The van der Waals surface area contributed by atoms with E-state index in [1.54, 1.807) is 14.2 Å². The Balaban J connectivity index is 1.85. The van der Waals surface area contributed by atoms with Crippen molar-refractivity contribution < 1.29 is 9.47 Å².